The molecule has 3 heteroatoms. The molecule has 88 valence electrons. The Morgan fingerprint density at radius 2 is 2.00 bits per heavy atom. The molecule has 1 N–H and O–H groups in total. The fourth-order valence-electron chi connectivity index (χ4n) is 2.31. The van der Waals surface area contributed by atoms with E-state index in [1.54, 1.807) is 0 Å². The van der Waals surface area contributed by atoms with Crippen molar-refractivity contribution in [2.75, 3.05) is 20.1 Å². The zero-order valence-electron chi connectivity index (χ0n) is 9.74. The Bertz CT molecular complexity index is 188. The van der Waals surface area contributed by atoms with Gasteiger partial charge in [0.05, 0.1) is 0 Å². The summed E-state index contributed by atoms with van der Waals surface area (Å²) in [5.74, 6) is 0.256. The van der Waals surface area contributed by atoms with Crippen molar-refractivity contribution in [1.29, 1.82) is 0 Å². The molecule has 0 aliphatic heterocycles. The van der Waals surface area contributed by atoms with E-state index in [4.69, 9.17) is 5.11 Å². The number of nitrogens with zero attached hydrogens (tertiary/aromatic N) is 1. The van der Waals surface area contributed by atoms with Gasteiger partial charge in [0.15, 0.2) is 0 Å². The predicted molar refractivity (Wildman–Crippen MR) is 60.9 cm³/mol. The monoisotopic (exact) mass is 213 g/mol. The van der Waals surface area contributed by atoms with Gasteiger partial charge in [-0.15, -0.1) is 0 Å². The second kappa shape index (κ2) is 6.83. The lowest BCUT2D eigenvalue weighted by molar-refractivity contribution is -0.137. The first kappa shape index (κ1) is 12.5. The largest absolute Gasteiger partial charge is 0.481 e. The summed E-state index contributed by atoms with van der Waals surface area (Å²) in [6, 6.07) is 0. The first-order valence-electron chi connectivity index (χ1n) is 6.09. The Morgan fingerprint density at radius 1 is 1.33 bits per heavy atom. The summed E-state index contributed by atoms with van der Waals surface area (Å²) >= 11 is 0. The molecule has 0 spiro atoms. The average Bonchev–Trinajstić information content (AvgIpc) is 2.66. The first-order chi connectivity index (χ1) is 7.18. The van der Waals surface area contributed by atoms with Crippen molar-refractivity contribution in [3.8, 4) is 0 Å². The quantitative estimate of drug-likeness (QED) is 0.705. The van der Waals surface area contributed by atoms with Crippen molar-refractivity contribution in [2.24, 2.45) is 5.92 Å². The van der Waals surface area contributed by atoms with Crippen molar-refractivity contribution >= 4 is 5.97 Å². The highest BCUT2D eigenvalue weighted by atomic mass is 16.4. The van der Waals surface area contributed by atoms with Crippen LogP contribution in [0.5, 0.6) is 0 Å². The van der Waals surface area contributed by atoms with Crippen molar-refractivity contribution in [1.82, 2.24) is 4.90 Å². The summed E-state index contributed by atoms with van der Waals surface area (Å²) in [6.07, 6.45) is 8.00. The second-order valence-corrected chi connectivity index (χ2v) is 4.74. The van der Waals surface area contributed by atoms with E-state index < -0.39 is 5.97 Å². The Labute approximate surface area is 92.5 Å². The van der Waals surface area contributed by atoms with Crippen LogP contribution in [0.2, 0.25) is 0 Å². The van der Waals surface area contributed by atoms with Gasteiger partial charge < -0.3 is 10.0 Å². The molecule has 0 unspecified atom stereocenters. The molecule has 1 fully saturated rings. The summed E-state index contributed by atoms with van der Waals surface area (Å²) in [4.78, 5) is 12.6. The van der Waals surface area contributed by atoms with Crippen LogP contribution in [0.4, 0.5) is 0 Å². The summed E-state index contributed by atoms with van der Waals surface area (Å²) in [7, 11) is 2.09. The van der Waals surface area contributed by atoms with E-state index in [0.717, 1.165) is 25.4 Å². The smallest absolute Gasteiger partial charge is 0.303 e. The number of carboxylic acids is 1. The van der Waals surface area contributed by atoms with E-state index in [-0.39, 0.29) is 0 Å². The molecular weight excluding hydrogens is 190 g/mol. The van der Waals surface area contributed by atoms with E-state index in [1.807, 2.05) is 0 Å². The SMILES string of the molecule is CN(CCCC(=O)O)CCC1CCCC1. The summed E-state index contributed by atoms with van der Waals surface area (Å²) in [5.41, 5.74) is 0. The summed E-state index contributed by atoms with van der Waals surface area (Å²) in [5, 5.41) is 8.51. The van der Waals surface area contributed by atoms with Gasteiger partial charge in [0.2, 0.25) is 0 Å². The Hall–Kier alpha value is -0.570. The van der Waals surface area contributed by atoms with Crippen LogP contribution in [0.3, 0.4) is 0 Å². The maximum atomic E-state index is 10.3. The summed E-state index contributed by atoms with van der Waals surface area (Å²) < 4.78 is 0. The van der Waals surface area contributed by atoms with E-state index in [0.29, 0.717) is 6.42 Å². The lowest BCUT2D eigenvalue weighted by atomic mass is 10.0. The number of rotatable bonds is 7. The normalized spacial score (nSPS) is 17.5. The number of hydrogen-bond donors (Lipinski definition) is 1. The highest BCUT2D eigenvalue weighted by molar-refractivity contribution is 5.66. The zero-order valence-corrected chi connectivity index (χ0v) is 9.74. The lowest BCUT2D eigenvalue weighted by Crippen LogP contribution is -2.23. The minimum Gasteiger partial charge on any atom is -0.481 e. The molecule has 0 bridgehead atoms. The minimum atomic E-state index is -0.681. The molecular formula is C12H23NO2. The standard InChI is InChI=1S/C12H23NO2/c1-13(9-4-7-12(14)15)10-8-11-5-2-3-6-11/h11H,2-10H2,1H3,(H,14,15). The molecule has 1 saturated carbocycles. The Kier molecular flexibility index (Phi) is 5.69. The highest BCUT2D eigenvalue weighted by Crippen LogP contribution is 2.27. The van der Waals surface area contributed by atoms with Gasteiger partial charge in [-0.05, 0) is 38.9 Å². The van der Waals surface area contributed by atoms with Crippen molar-refractivity contribution in [2.45, 2.75) is 44.9 Å². The van der Waals surface area contributed by atoms with Crippen LogP contribution in [-0.4, -0.2) is 36.1 Å². The maximum absolute atomic E-state index is 10.3. The topological polar surface area (TPSA) is 40.5 Å². The van der Waals surface area contributed by atoms with Crippen LogP contribution in [-0.2, 0) is 4.79 Å². The molecule has 0 aromatic heterocycles. The van der Waals surface area contributed by atoms with Crippen LogP contribution >= 0.6 is 0 Å². The van der Waals surface area contributed by atoms with Crippen LogP contribution in [0.25, 0.3) is 0 Å². The molecule has 0 aromatic carbocycles. The van der Waals surface area contributed by atoms with Gasteiger partial charge >= 0.3 is 5.97 Å². The molecule has 1 aliphatic carbocycles. The molecule has 0 radical (unpaired) electrons. The van der Waals surface area contributed by atoms with Crippen molar-refractivity contribution < 1.29 is 9.90 Å². The van der Waals surface area contributed by atoms with Gasteiger partial charge in [-0.1, -0.05) is 25.7 Å². The Balaban J connectivity index is 1.97. The number of hydrogen-bond acceptors (Lipinski definition) is 2. The van der Waals surface area contributed by atoms with Crippen molar-refractivity contribution in [3.05, 3.63) is 0 Å². The van der Waals surface area contributed by atoms with Crippen LogP contribution in [0, 0.1) is 5.92 Å². The molecule has 1 rings (SSSR count). The van der Waals surface area contributed by atoms with E-state index in [2.05, 4.69) is 11.9 Å². The molecule has 1 aliphatic rings. The second-order valence-electron chi connectivity index (χ2n) is 4.74. The molecule has 0 atom stereocenters. The van der Waals surface area contributed by atoms with Crippen LogP contribution in [0.1, 0.15) is 44.9 Å². The fourth-order valence-corrected chi connectivity index (χ4v) is 2.31. The van der Waals surface area contributed by atoms with Crippen molar-refractivity contribution in [3.63, 3.8) is 0 Å². The number of carbonyl (C=O) groups is 1. The van der Waals surface area contributed by atoms with Gasteiger partial charge in [-0.2, -0.15) is 0 Å². The van der Waals surface area contributed by atoms with E-state index in [9.17, 15) is 4.79 Å². The van der Waals surface area contributed by atoms with Gasteiger partial charge in [0.25, 0.3) is 0 Å². The maximum Gasteiger partial charge on any atom is 0.303 e. The predicted octanol–water partition coefficient (Wildman–Crippen LogP) is 2.36. The Morgan fingerprint density at radius 3 is 2.60 bits per heavy atom. The first-order valence-corrected chi connectivity index (χ1v) is 6.09. The number of carboxylic acid groups (broad SMARTS) is 1. The average molecular weight is 213 g/mol. The third kappa shape index (κ3) is 5.78. The summed E-state index contributed by atoms with van der Waals surface area (Å²) in [6.45, 7) is 2.04. The molecule has 3 nitrogen and oxygen atoms in total. The zero-order chi connectivity index (χ0) is 11.1. The lowest BCUT2D eigenvalue weighted by Gasteiger charge is -2.18. The number of aliphatic carboxylic acids is 1. The third-order valence-electron chi connectivity index (χ3n) is 3.32. The molecule has 0 saturated heterocycles. The minimum absolute atomic E-state index is 0.299. The molecule has 0 heterocycles. The van der Waals surface area contributed by atoms with Gasteiger partial charge in [0, 0.05) is 6.42 Å². The highest BCUT2D eigenvalue weighted by Gasteiger charge is 2.15. The van der Waals surface area contributed by atoms with Gasteiger partial charge in [-0.3, -0.25) is 4.79 Å². The van der Waals surface area contributed by atoms with E-state index >= 15 is 0 Å². The molecule has 15 heavy (non-hydrogen) atoms. The van der Waals surface area contributed by atoms with Crippen LogP contribution < -0.4 is 0 Å². The van der Waals surface area contributed by atoms with Gasteiger partial charge in [0.1, 0.15) is 0 Å². The fraction of sp³-hybridized carbons (Fsp3) is 0.917. The van der Waals surface area contributed by atoms with Gasteiger partial charge in [-0.25, -0.2) is 0 Å². The molecule has 0 amide bonds. The molecule has 0 aromatic rings. The van der Waals surface area contributed by atoms with E-state index in [1.165, 1.54) is 32.1 Å². The third-order valence-corrected chi connectivity index (χ3v) is 3.32. The van der Waals surface area contributed by atoms with Crippen LogP contribution in [0.15, 0.2) is 0 Å².